The standard InChI is InChI=1S/C25H36ClN3O2/c1-5-7-8-9-10-11-17(3)22-15-25(24(30)31-22,20(6-2)23-27-16-28-29-23)21-13-12-19(26)14-18(21)4/h12-14,16-17,20,22H,5-11,15H2,1-4H3,(H,27,28,29). The number of aromatic nitrogens is 3. The maximum Gasteiger partial charge on any atom is 0.317 e. The van der Waals surface area contributed by atoms with E-state index in [0.717, 1.165) is 24.0 Å². The number of esters is 1. The minimum Gasteiger partial charge on any atom is -0.461 e. The second kappa shape index (κ2) is 10.6. The molecule has 0 saturated carbocycles. The van der Waals surface area contributed by atoms with Crippen molar-refractivity contribution < 1.29 is 9.53 Å². The van der Waals surface area contributed by atoms with Gasteiger partial charge in [-0.15, -0.1) is 0 Å². The number of benzene rings is 1. The highest BCUT2D eigenvalue weighted by Gasteiger charge is 2.57. The Hall–Kier alpha value is -1.88. The third kappa shape index (κ3) is 4.97. The largest absolute Gasteiger partial charge is 0.461 e. The second-order valence-corrected chi connectivity index (χ2v) is 9.51. The van der Waals surface area contributed by atoms with E-state index in [1.54, 1.807) is 6.33 Å². The van der Waals surface area contributed by atoms with Gasteiger partial charge in [0.2, 0.25) is 0 Å². The zero-order valence-electron chi connectivity index (χ0n) is 19.3. The number of carbonyl (C=O) groups is 1. The minimum atomic E-state index is -0.799. The molecule has 0 radical (unpaired) electrons. The van der Waals surface area contributed by atoms with E-state index in [1.165, 1.54) is 32.1 Å². The van der Waals surface area contributed by atoms with Gasteiger partial charge in [0.1, 0.15) is 17.8 Å². The maximum atomic E-state index is 13.6. The van der Waals surface area contributed by atoms with Crippen LogP contribution in [0.4, 0.5) is 0 Å². The summed E-state index contributed by atoms with van der Waals surface area (Å²) in [7, 11) is 0. The Bertz CT molecular complexity index is 854. The molecule has 1 fully saturated rings. The molecule has 0 amide bonds. The van der Waals surface area contributed by atoms with Crippen LogP contribution in [-0.2, 0) is 14.9 Å². The van der Waals surface area contributed by atoms with E-state index in [2.05, 4.69) is 36.0 Å². The van der Waals surface area contributed by atoms with Crippen LogP contribution < -0.4 is 0 Å². The lowest BCUT2D eigenvalue weighted by molar-refractivity contribution is -0.147. The van der Waals surface area contributed by atoms with E-state index in [-0.39, 0.29) is 18.0 Å². The molecule has 1 aliphatic rings. The summed E-state index contributed by atoms with van der Waals surface area (Å²) in [4.78, 5) is 18.1. The van der Waals surface area contributed by atoms with Gasteiger partial charge in [-0.05, 0) is 48.9 Å². The third-order valence-electron chi connectivity index (χ3n) is 6.96. The molecule has 3 rings (SSSR count). The molecule has 4 unspecified atom stereocenters. The predicted octanol–water partition coefficient (Wildman–Crippen LogP) is 6.51. The third-order valence-corrected chi connectivity index (χ3v) is 7.20. The van der Waals surface area contributed by atoms with Crippen LogP contribution in [0.5, 0.6) is 0 Å². The first-order valence-electron chi connectivity index (χ1n) is 11.8. The molecule has 0 aliphatic carbocycles. The number of carbonyl (C=O) groups excluding carboxylic acids is 1. The molecule has 6 heteroatoms. The lowest BCUT2D eigenvalue weighted by Gasteiger charge is -2.34. The van der Waals surface area contributed by atoms with Crippen molar-refractivity contribution in [3.63, 3.8) is 0 Å². The summed E-state index contributed by atoms with van der Waals surface area (Å²) in [6.07, 6.45) is 10.2. The van der Waals surface area contributed by atoms with Crippen molar-refractivity contribution >= 4 is 17.6 Å². The second-order valence-electron chi connectivity index (χ2n) is 9.08. The maximum absolute atomic E-state index is 13.6. The van der Waals surface area contributed by atoms with Gasteiger partial charge >= 0.3 is 5.97 Å². The lowest BCUT2D eigenvalue weighted by Crippen LogP contribution is -2.39. The minimum absolute atomic E-state index is 0.0956. The van der Waals surface area contributed by atoms with Crippen molar-refractivity contribution in [1.29, 1.82) is 0 Å². The van der Waals surface area contributed by atoms with Crippen molar-refractivity contribution in [3.8, 4) is 0 Å². The first kappa shape index (κ1) is 23.8. The number of unbranched alkanes of at least 4 members (excludes halogenated alkanes) is 4. The van der Waals surface area contributed by atoms with Gasteiger partial charge < -0.3 is 4.74 Å². The Morgan fingerprint density at radius 3 is 2.68 bits per heavy atom. The lowest BCUT2D eigenvalue weighted by atomic mass is 9.65. The molecule has 1 N–H and O–H groups in total. The van der Waals surface area contributed by atoms with Crippen LogP contribution in [0.25, 0.3) is 0 Å². The highest BCUT2D eigenvalue weighted by molar-refractivity contribution is 6.30. The fourth-order valence-electron chi connectivity index (χ4n) is 5.22. The molecule has 4 atom stereocenters. The van der Waals surface area contributed by atoms with E-state index in [0.29, 0.717) is 23.2 Å². The topological polar surface area (TPSA) is 67.9 Å². The first-order valence-corrected chi connectivity index (χ1v) is 12.1. The fourth-order valence-corrected chi connectivity index (χ4v) is 5.44. The van der Waals surface area contributed by atoms with Gasteiger partial charge in [-0.1, -0.05) is 70.5 Å². The number of cyclic esters (lactones) is 1. The summed E-state index contributed by atoms with van der Waals surface area (Å²) in [5, 5.41) is 7.85. The number of H-pyrrole nitrogens is 1. The molecule has 1 aliphatic heterocycles. The summed E-state index contributed by atoms with van der Waals surface area (Å²) < 4.78 is 6.10. The molecule has 0 spiro atoms. The molecule has 0 bridgehead atoms. The van der Waals surface area contributed by atoms with Gasteiger partial charge in [0.15, 0.2) is 5.82 Å². The molecular weight excluding hydrogens is 410 g/mol. The molecule has 1 aromatic heterocycles. The summed E-state index contributed by atoms with van der Waals surface area (Å²) in [5.41, 5.74) is 1.19. The van der Waals surface area contributed by atoms with E-state index >= 15 is 0 Å². The van der Waals surface area contributed by atoms with Crippen molar-refractivity contribution in [2.24, 2.45) is 5.92 Å². The number of rotatable bonds is 11. The van der Waals surface area contributed by atoms with E-state index in [1.807, 2.05) is 25.1 Å². The molecule has 2 aromatic rings. The monoisotopic (exact) mass is 445 g/mol. The molecule has 31 heavy (non-hydrogen) atoms. The van der Waals surface area contributed by atoms with Gasteiger partial charge in [-0.3, -0.25) is 9.89 Å². The molecule has 170 valence electrons. The highest BCUT2D eigenvalue weighted by atomic mass is 35.5. The summed E-state index contributed by atoms with van der Waals surface area (Å²) in [6, 6.07) is 5.79. The highest BCUT2D eigenvalue weighted by Crippen LogP contribution is 2.51. The van der Waals surface area contributed by atoms with Crippen LogP contribution in [0.15, 0.2) is 24.5 Å². The van der Waals surface area contributed by atoms with Crippen molar-refractivity contribution in [2.45, 2.75) is 96.5 Å². The smallest absolute Gasteiger partial charge is 0.317 e. The number of ether oxygens (including phenoxy) is 1. The number of hydrogen-bond donors (Lipinski definition) is 1. The van der Waals surface area contributed by atoms with Crippen molar-refractivity contribution in [3.05, 3.63) is 46.5 Å². The first-order chi connectivity index (χ1) is 14.9. The average Bonchev–Trinajstić information content (AvgIpc) is 3.38. The van der Waals surface area contributed by atoms with Crippen LogP contribution >= 0.6 is 11.6 Å². The van der Waals surface area contributed by atoms with Gasteiger partial charge in [-0.2, -0.15) is 5.10 Å². The number of nitrogens with zero attached hydrogens (tertiary/aromatic N) is 2. The van der Waals surface area contributed by atoms with Crippen molar-refractivity contribution in [1.82, 2.24) is 15.2 Å². The number of halogens is 1. The van der Waals surface area contributed by atoms with Gasteiger partial charge in [0, 0.05) is 17.4 Å². The Kier molecular flexibility index (Phi) is 8.15. The quantitative estimate of drug-likeness (QED) is 0.316. The van der Waals surface area contributed by atoms with Crippen LogP contribution in [-0.4, -0.2) is 27.3 Å². The molecule has 2 heterocycles. The molecule has 1 saturated heterocycles. The van der Waals surface area contributed by atoms with Crippen LogP contribution in [0.2, 0.25) is 5.02 Å². The Morgan fingerprint density at radius 1 is 1.26 bits per heavy atom. The number of aromatic amines is 1. The van der Waals surface area contributed by atoms with Crippen LogP contribution in [0.3, 0.4) is 0 Å². The number of aryl methyl sites for hydroxylation is 1. The van der Waals surface area contributed by atoms with E-state index in [4.69, 9.17) is 16.3 Å². The summed E-state index contributed by atoms with van der Waals surface area (Å²) in [5.74, 6) is 0.677. The van der Waals surface area contributed by atoms with Gasteiger partial charge in [0.05, 0.1) is 0 Å². The molecule has 1 aromatic carbocycles. The Morgan fingerprint density at radius 2 is 2.03 bits per heavy atom. The predicted molar refractivity (Wildman–Crippen MR) is 124 cm³/mol. The number of nitrogens with one attached hydrogen (secondary N) is 1. The fraction of sp³-hybridized carbons (Fsp3) is 0.640. The molecular formula is C25H36ClN3O2. The average molecular weight is 446 g/mol. The van der Waals surface area contributed by atoms with Gasteiger partial charge in [0.25, 0.3) is 0 Å². The Balaban J connectivity index is 1.91. The van der Waals surface area contributed by atoms with Crippen molar-refractivity contribution in [2.75, 3.05) is 0 Å². The summed E-state index contributed by atoms with van der Waals surface area (Å²) in [6.45, 7) is 8.56. The van der Waals surface area contributed by atoms with Crippen LogP contribution in [0.1, 0.15) is 95.0 Å². The normalized spacial score (nSPS) is 23.0. The van der Waals surface area contributed by atoms with Crippen LogP contribution in [0, 0.1) is 12.8 Å². The number of hydrogen-bond acceptors (Lipinski definition) is 4. The summed E-state index contributed by atoms with van der Waals surface area (Å²) >= 11 is 6.25. The van der Waals surface area contributed by atoms with E-state index in [9.17, 15) is 4.79 Å². The molecule has 5 nitrogen and oxygen atoms in total. The van der Waals surface area contributed by atoms with E-state index < -0.39 is 5.41 Å². The van der Waals surface area contributed by atoms with Gasteiger partial charge in [-0.25, -0.2) is 4.98 Å². The Labute approximate surface area is 191 Å². The zero-order valence-corrected chi connectivity index (χ0v) is 20.0. The zero-order chi connectivity index (χ0) is 22.4. The SMILES string of the molecule is CCCCCCCC(C)C1CC(c2ccc(Cl)cc2C)(C(CC)c2nc[nH]n2)C(=O)O1.